The van der Waals surface area contributed by atoms with E-state index in [1.165, 1.54) is 0 Å². The number of carbonyl (C=O) groups excluding carboxylic acids is 1. The average molecular weight is 383 g/mol. The number of hydrogen-bond donors (Lipinski definition) is 3. The summed E-state index contributed by atoms with van der Waals surface area (Å²) in [5.41, 5.74) is 2.83. The van der Waals surface area contributed by atoms with E-state index in [0.717, 1.165) is 0 Å². The number of aliphatic hydroxyl groups is 3. The van der Waals surface area contributed by atoms with E-state index in [-0.39, 0.29) is 12.4 Å². The van der Waals surface area contributed by atoms with Gasteiger partial charge in [-0.1, -0.05) is 0 Å². The molecule has 3 rings (SSSR count). The first-order chi connectivity index (χ1) is 13.3. The smallest absolute Gasteiger partial charge is 0.228 e. The minimum Gasteiger partial charge on any atom is -0.462 e. The maximum atomic E-state index is 12.9. The number of benzene rings is 2. The molecule has 28 heavy (non-hydrogen) atoms. The highest BCUT2D eigenvalue weighted by Crippen LogP contribution is 2.27. The van der Waals surface area contributed by atoms with Crippen molar-refractivity contribution in [2.75, 3.05) is 6.61 Å². The van der Waals surface area contributed by atoms with Gasteiger partial charge in [-0.25, -0.2) is 0 Å². The number of ketones is 1. The number of rotatable bonds is 4. The highest BCUT2D eigenvalue weighted by Gasteiger charge is 2.39. The van der Waals surface area contributed by atoms with Crippen LogP contribution >= 0.6 is 0 Å². The third-order valence-electron chi connectivity index (χ3n) is 4.72. The van der Waals surface area contributed by atoms with Gasteiger partial charge in [0.15, 0.2) is 5.78 Å². The predicted octanol–water partition coefficient (Wildman–Crippen LogP) is 1.22. The fraction of sp³-hybridized carbons (Fsp3) is 0.333. The number of aryl methyl sites for hydroxylation is 2. The number of aliphatic hydroxyl groups excluding tert-OH is 3. The van der Waals surface area contributed by atoms with Crippen LogP contribution in [0, 0.1) is 25.2 Å². The van der Waals surface area contributed by atoms with Gasteiger partial charge in [0.1, 0.15) is 24.1 Å². The molecular formula is C21H21NO6. The Balaban J connectivity index is 1.82. The Morgan fingerprint density at radius 2 is 1.71 bits per heavy atom. The lowest BCUT2D eigenvalue weighted by Gasteiger charge is -2.35. The molecular weight excluding hydrogens is 362 g/mol. The molecule has 146 valence electrons. The summed E-state index contributed by atoms with van der Waals surface area (Å²) in [4.78, 5) is 12.9. The molecule has 1 saturated heterocycles. The summed E-state index contributed by atoms with van der Waals surface area (Å²) in [5, 5.41) is 38.2. The normalized spacial score (nSPS) is 24.4. The monoisotopic (exact) mass is 383 g/mol. The molecule has 1 fully saturated rings. The number of hydrogen-bond acceptors (Lipinski definition) is 7. The maximum absolute atomic E-state index is 12.9. The van der Waals surface area contributed by atoms with Crippen molar-refractivity contribution in [2.24, 2.45) is 0 Å². The molecule has 0 aliphatic carbocycles. The summed E-state index contributed by atoms with van der Waals surface area (Å²) < 4.78 is 10.9. The molecule has 0 amide bonds. The number of ether oxygens (including phenoxy) is 2. The Morgan fingerprint density at radius 1 is 1.11 bits per heavy atom. The molecule has 1 aliphatic heterocycles. The zero-order chi connectivity index (χ0) is 20.4. The summed E-state index contributed by atoms with van der Waals surface area (Å²) in [6, 6.07) is 11.7. The van der Waals surface area contributed by atoms with Gasteiger partial charge < -0.3 is 24.8 Å². The van der Waals surface area contributed by atoms with Crippen LogP contribution in [0.15, 0.2) is 36.4 Å². The van der Waals surface area contributed by atoms with Gasteiger partial charge in [-0.2, -0.15) is 5.26 Å². The fourth-order valence-corrected chi connectivity index (χ4v) is 3.21. The SMILES string of the molecule is Cc1cc(O[C@@H]2OC[C@H](O)[C@H](O)[C@H]2O)cc(C)c1C(=O)c1ccc(C#N)cc1. The topological polar surface area (TPSA) is 120 Å². The first kappa shape index (κ1) is 20.0. The molecule has 2 aromatic carbocycles. The van der Waals surface area contributed by atoms with Gasteiger partial charge in [0, 0.05) is 11.1 Å². The van der Waals surface area contributed by atoms with E-state index in [0.29, 0.717) is 33.6 Å². The second-order valence-corrected chi connectivity index (χ2v) is 6.82. The van der Waals surface area contributed by atoms with Gasteiger partial charge in [0.2, 0.25) is 6.29 Å². The van der Waals surface area contributed by atoms with Gasteiger partial charge in [0.25, 0.3) is 0 Å². The fourth-order valence-electron chi connectivity index (χ4n) is 3.21. The molecule has 7 nitrogen and oxygen atoms in total. The lowest BCUT2D eigenvalue weighted by Crippen LogP contribution is -2.54. The van der Waals surface area contributed by atoms with Gasteiger partial charge in [-0.15, -0.1) is 0 Å². The molecule has 3 N–H and O–H groups in total. The molecule has 0 bridgehead atoms. The van der Waals surface area contributed by atoms with Crippen LogP contribution in [0.2, 0.25) is 0 Å². The molecule has 0 saturated carbocycles. The van der Waals surface area contributed by atoms with E-state index in [1.54, 1.807) is 50.2 Å². The minimum absolute atomic E-state index is 0.157. The highest BCUT2D eigenvalue weighted by molar-refractivity contribution is 6.10. The van der Waals surface area contributed by atoms with Crippen LogP contribution in [0.5, 0.6) is 5.75 Å². The van der Waals surface area contributed by atoms with E-state index in [1.807, 2.05) is 6.07 Å². The zero-order valence-corrected chi connectivity index (χ0v) is 15.5. The van der Waals surface area contributed by atoms with Crippen molar-refractivity contribution in [3.63, 3.8) is 0 Å². The van der Waals surface area contributed by atoms with Crippen molar-refractivity contribution in [3.8, 4) is 11.8 Å². The van der Waals surface area contributed by atoms with Crippen LogP contribution in [0.1, 0.15) is 32.6 Å². The molecule has 0 unspecified atom stereocenters. The van der Waals surface area contributed by atoms with Crippen LogP contribution < -0.4 is 4.74 Å². The molecule has 7 heteroatoms. The van der Waals surface area contributed by atoms with Gasteiger partial charge in [-0.05, 0) is 61.4 Å². The maximum Gasteiger partial charge on any atom is 0.228 e. The van der Waals surface area contributed by atoms with Gasteiger partial charge >= 0.3 is 0 Å². The van der Waals surface area contributed by atoms with E-state index in [9.17, 15) is 20.1 Å². The van der Waals surface area contributed by atoms with Crippen molar-refractivity contribution in [1.82, 2.24) is 0 Å². The largest absolute Gasteiger partial charge is 0.462 e. The van der Waals surface area contributed by atoms with Crippen LogP contribution in [-0.2, 0) is 4.74 Å². The van der Waals surface area contributed by atoms with Crippen molar-refractivity contribution in [2.45, 2.75) is 38.4 Å². The Hall–Kier alpha value is -2.76. The van der Waals surface area contributed by atoms with Crippen LogP contribution in [0.4, 0.5) is 0 Å². The summed E-state index contributed by atoms with van der Waals surface area (Å²) in [7, 11) is 0. The lowest BCUT2D eigenvalue weighted by atomic mass is 9.94. The lowest BCUT2D eigenvalue weighted by molar-refractivity contribution is -0.242. The van der Waals surface area contributed by atoms with Crippen molar-refractivity contribution in [3.05, 3.63) is 64.2 Å². The third kappa shape index (κ3) is 3.91. The van der Waals surface area contributed by atoms with Crippen molar-refractivity contribution < 1.29 is 29.6 Å². The van der Waals surface area contributed by atoms with E-state index in [4.69, 9.17) is 14.7 Å². The third-order valence-corrected chi connectivity index (χ3v) is 4.72. The van der Waals surface area contributed by atoms with Crippen LogP contribution in [-0.4, -0.2) is 52.3 Å². The second-order valence-electron chi connectivity index (χ2n) is 6.82. The summed E-state index contributed by atoms with van der Waals surface area (Å²) >= 11 is 0. The Labute approximate surface area is 162 Å². The minimum atomic E-state index is -1.40. The number of nitriles is 1. The van der Waals surface area contributed by atoms with E-state index < -0.39 is 24.6 Å². The Morgan fingerprint density at radius 3 is 2.29 bits per heavy atom. The zero-order valence-electron chi connectivity index (χ0n) is 15.5. The standard InChI is InChI=1S/C21H21NO6/c1-11-7-15(28-21-20(26)19(25)16(23)10-27-21)8-12(2)17(11)18(24)14-5-3-13(9-22)4-6-14/h3-8,16,19-21,23,25-26H,10H2,1-2H3/t16-,19-,20+,21-/m0/s1. The van der Waals surface area contributed by atoms with Crippen molar-refractivity contribution >= 4 is 5.78 Å². The quantitative estimate of drug-likeness (QED) is 0.679. The summed E-state index contributed by atoms with van der Waals surface area (Å²) in [5.74, 6) is 0.206. The van der Waals surface area contributed by atoms with E-state index in [2.05, 4.69) is 0 Å². The summed E-state index contributed by atoms with van der Waals surface area (Å²) in [6.07, 6.45) is -5.06. The molecule has 2 aromatic rings. The average Bonchev–Trinajstić information content (AvgIpc) is 2.68. The number of nitrogens with zero attached hydrogens (tertiary/aromatic N) is 1. The Kier molecular flexibility index (Phi) is 5.77. The van der Waals surface area contributed by atoms with Crippen molar-refractivity contribution in [1.29, 1.82) is 5.26 Å². The molecule has 1 heterocycles. The summed E-state index contributed by atoms with van der Waals surface area (Å²) in [6.45, 7) is 3.39. The molecule has 0 radical (unpaired) electrons. The number of carbonyl (C=O) groups is 1. The highest BCUT2D eigenvalue weighted by atomic mass is 16.7. The molecule has 0 aromatic heterocycles. The first-order valence-corrected chi connectivity index (χ1v) is 8.80. The van der Waals surface area contributed by atoms with Crippen LogP contribution in [0.3, 0.4) is 0 Å². The molecule has 1 aliphatic rings. The Bertz CT molecular complexity index is 894. The van der Waals surface area contributed by atoms with E-state index >= 15 is 0 Å². The second kappa shape index (κ2) is 8.09. The van der Waals surface area contributed by atoms with Gasteiger partial charge in [0.05, 0.1) is 18.2 Å². The van der Waals surface area contributed by atoms with Gasteiger partial charge in [-0.3, -0.25) is 4.79 Å². The molecule has 4 atom stereocenters. The predicted molar refractivity (Wildman–Crippen MR) is 98.9 cm³/mol. The first-order valence-electron chi connectivity index (χ1n) is 8.80. The molecule has 0 spiro atoms. The van der Waals surface area contributed by atoms with Crippen LogP contribution in [0.25, 0.3) is 0 Å².